The summed E-state index contributed by atoms with van der Waals surface area (Å²) in [6.45, 7) is 0.609. The maximum absolute atomic E-state index is 14.3. The number of aromatic hydroxyl groups is 1. The number of nitrogens with one attached hydrogen (secondary N) is 1. The molecule has 55 heavy (non-hydrogen) atoms. The lowest BCUT2D eigenvalue weighted by molar-refractivity contribution is -0.134. The quantitative estimate of drug-likeness (QED) is 0.191. The van der Waals surface area contributed by atoms with Gasteiger partial charge in [-0.1, -0.05) is 54.6 Å². The van der Waals surface area contributed by atoms with Crippen LogP contribution < -0.4 is 5.32 Å². The molecule has 1 saturated heterocycles. The Labute approximate surface area is 317 Å². The van der Waals surface area contributed by atoms with Crippen LogP contribution in [0.2, 0.25) is 0 Å². The monoisotopic (exact) mass is 781 g/mol. The molecule has 2 amide bonds. The Hall–Kier alpha value is -5.77. The summed E-state index contributed by atoms with van der Waals surface area (Å²) in [6.07, 6.45) is 2.67. The molecule has 1 fully saturated rings. The van der Waals surface area contributed by atoms with E-state index in [2.05, 4.69) is 15.3 Å². The Morgan fingerprint density at radius 1 is 0.709 bits per heavy atom. The van der Waals surface area contributed by atoms with Gasteiger partial charge < -0.3 is 14.9 Å². The predicted octanol–water partition coefficient (Wildman–Crippen LogP) is 4.52. The largest absolute Gasteiger partial charge is 0.508 e. The molecule has 15 heteroatoms. The lowest BCUT2D eigenvalue weighted by Gasteiger charge is -2.36. The van der Waals surface area contributed by atoms with Crippen LogP contribution in [0.1, 0.15) is 21.5 Å². The minimum atomic E-state index is -4.11. The molecule has 0 radical (unpaired) electrons. The highest BCUT2D eigenvalue weighted by Gasteiger charge is 2.32. The highest BCUT2D eigenvalue weighted by molar-refractivity contribution is 7.91. The number of rotatable bonds is 11. The summed E-state index contributed by atoms with van der Waals surface area (Å²) in [5.41, 5.74) is 0.905. The number of fused-ring (bicyclic) bond motifs is 2. The first-order chi connectivity index (χ1) is 26.4. The molecule has 2 aromatic heterocycles. The zero-order valence-corrected chi connectivity index (χ0v) is 31.0. The first-order valence-electron chi connectivity index (χ1n) is 17.4. The van der Waals surface area contributed by atoms with Crippen LogP contribution in [0.4, 0.5) is 4.39 Å². The van der Waals surface area contributed by atoms with Crippen LogP contribution in [0.3, 0.4) is 0 Å². The molecule has 1 aliphatic rings. The molecule has 0 aliphatic carbocycles. The molecule has 0 bridgehead atoms. The van der Waals surface area contributed by atoms with Gasteiger partial charge in [0.1, 0.15) is 17.4 Å². The van der Waals surface area contributed by atoms with Gasteiger partial charge in [-0.15, -0.1) is 0 Å². The van der Waals surface area contributed by atoms with Gasteiger partial charge in [0.05, 0.1) is 11.8 Å². The molecule has 4 aromatic carbocycles. The fraction of sp³-hybridized carbons (Fsp3) is 0.200. The minimum Gasteiger partial charge on any atom is -0.508 e. The maximum atomic E-state index is 14.3. The number of halogens is 1. The average molecular weight is 782 g/mol. The molecule has 6 aromatic rings. The average Bonchev–Trinajstić information content (AvgIpc) is 3.19. The molecular formula is C40H36FN5O7S2. The fourth-order valence-electron chi connectivity index (χ4n) is 6.77. The number of phenols is 1. The summed E-state index contributed by atoms with van der Waals surface area (Å²) >= 11 is 0. The van der Waals surface area contributed by atoms with Crippen molar-refractivity contribution in [3.8, 4) is 5.75 Å². The van der Waals surface area contributed by atoms with E-state index in [-0.39, 0.29) is 59.9 Å². The summed E-state index contributed by atoms with van der Waals surface area (Å²) < 4.78 is 68.9. The van der Waals surface area contributed by atoms with E-state index in [4.69, 9.17) is 0 Å². The molecule has 1 unspecified atom stereocenters. The zero-order chi connectivity index (χ0) is 38.7. The normalized spacial score (nSPS) is 14.3. The molecule has 1 aliphatic heterocycles. The molecule has 282 valence electrons. The summed E-state index contributed by atoms with van der Waals surface area (Å²) in [4.78, 5) is 38.8. The molecule has 0 spiro atoms. The second kappa shape index (κ2) is 15.5. The van der Waals surface area contributed by atoms with E-state index in [1.807, 2.05) is 0 Å². The summed E-state index contributed by atoms with van der Waals surface area (Å²) in [5.74, 6) is -2.66. The molecule has 2 N–H and O–H groups in total. The number of pyridine rings is 2. The molecular weight excluding hydrogens is 746 g/mol. The number of sulfone groups is 2. The van der Waals surface area contributed by atoms with Crippen molar-refractivity contribution in [1.82, 2.24) is 25.1 Å². The lowest BCUT2D eigenvalue weighted by Crippen LogP contribution is -2.56. The molecule has 3 heterocycles. The van der Waals surface area contributed by atoms with Gasteiger partial charge in [-0.25, -0.2) is 31.2 Å². The van der Waals surface area contributed by atoms with Crippen molar-refractivity contribution in [2.75, 3.05) is 32.1 Å². The fourth-order valence-corrected chi connectivity index (χ4v) is 9.63. The Bertz CT molecular complexity index is 2620. The van der Waals surface area contributed by atoms with E-state index >= 15 is 0 Å². The number of piperazine rings is 1. The van der Waals surface area contributed by atoms with Gasteiger partial charge in [-0.05, 0) is 76.9 Å². The van der Waals surface area contributed by atoms with Gasteiger partial charge in [0.2, 0.25) is 15.7 Å². The van der Waals surface area contributed by atoms with Crippen LogP contribution >= 0.6 is 0 Å². The third-order valence-electron chi connectivity index (χ3n) is 9.61. The van der Waals surface area contributed by atoms with Gasteiger partial charge >= 0.3 is 0 Å². The van der Waals surface area contributed by atoms with Crippen molar-refractivity contribution in [3.05, 3.63) is 138 Å². The summed E-state index contributed by atoms with van der Waals surface area (Å²) in [5, 5.41) is 15.3. The first-order valence-corrected chi connectivity index (χ1v) is 20.7. The minimum absolute atomic E-state index is 0.130. The number of carbonyl (C=O) groups excluding carboxylic acids is 2. The van der Waals surface area contributed by atoms with Crippen LogP contribution in [0.15, 0.2) is 126 Å². The second-order valence-electron chi connectivity index (χ2n) is 13.2. The van der Waals surface area contributed by atoms with E-state index in [9.17, 15) is 35.9 Å². The third-order valence-corrected chi connectivity index (χ3v) is 12.7. The number of amides is 2. The highest BCUT2D eigenvalue weighted by Crippen LogP contribution is 2.28. The van der Waals surface area contributed by atoms with Gasteiger partial charge in [-0.3, -0.25) is 14.9 Å². The van der Waals surface area contributed by atoms with Crippen LogP contribution in [-0.2, 0) is 36.6 Å². The van der Waals surface area contributed by atoms with Gasteiger partial charge in [0, 0.05) is 54.9 Å². The predicted molar refractivity (Wildman–Crippen MR) is 204 cm³/mol. The molecule has 7 rings (SSSR count). The number of carbonyl (C=O) groups is 2. The number of benzene rings is 4. The topological polar surface area (TPSA) is 167 Å². The van der Waals surface area contributed by atoms with Crippen molar-refractivity contribution >= 4 is 53.0 Å². The molecule has 0 saturated carbocycles. The van der Waals surface area contributed by atoms with Crippen molar-refractivity contribution < 1.29 is 35.9 Å². The zero-order valence-electron chi connectivity index (χ0n) is 29.4. The number of aromatic nitrogens is 2. The van der Waals surface area contributed by atoms with E-state index in [0.717, 1.165) is 0 Å². The van der Waals surface area contributed by atoms with E-state index in [0.29, 0.717) is 32.7 Å². The first kappa shape index (κ1) is 37.5. The summed E-state index contributed by atoms with van der Waals surface area (Å²) in [6, 6.07) is 25.5. The van der Waals surface area contributed by atoms with Crippen molar-refractivity contribution in [3.63, 3.8) is 0 Å². The van der Waals surface area contributed by atoms with Crippen molar-refractivity contribution in [2.24, 2.45) is 0 Å². The Kier molecular flexibility index (Phi) is 10.6. The van der Waals surface area contributed by atoms with Gasteiger partial charge in [0.15, 0.2) is 19.9 Å². The van der Waals surface area contributed by atoms with Crippen molar-refractivity contribution in [1.29, 1.82) is 0 Å². The van der Waals surface area contributed by atoms with Gasteiger partial charge in [0.25, 0.3) is 5.91 Å². The number of nitrogens with zero attached hydrogens (tertiary/aromatic N) is 4. The Morgan fingerprint density at radius 3 is 1.89 bits per heavy atom. The SMILES string of the molecule is O=C(c1ccc(F)cc1)N1CCN(C(=O)C(Cc2ccc(O)cc2CS(=O)(=O)c2nccc3ccccc23)NCS(=O)(=O)c2nccc3ccccc23)CC1. The Balaban J connectivity index is 1.17. The highest BCUT2D eigenvalue weighted by atomic mass is 32.2. The van der Waals surface area contributed by atoms with Crippen LogP contribution in [0.25, 0.3) is 21.5 Å². The van der Waals surface area contributed by atoms with Crippen LogP contribution in [-0.4, -0.2) is 91.6 Å². The number of hydrogen-bond donors (Lipinski definition) is 2. The Morgan fingerprint density at radius 2 is 1.27 bits per heavy atom. The second-order valence-corrected chi connectivity index (χ2v) is 17.0. The number of hydrogen-bond acceptors (Lipinski definition) is 10. The molecule has 12 nitrogen and oxygen atoms in total. The van der Waals surface area contributed by atoms with Crippen molar-refractivity contribution in [2.45, 2.75) is 28.3 Å². The lowest BCUT2D eigenvalue weighted by atomic mass is 9.99. The smallest absolute Gasteiger partial charge is 0.253 e. The van der Waals surface area contributed by atoms with E-state index < -0.39 is 49.1 Å². The van der Waals surface area contributed by atoms with Gasteiger partial charge in [-0.2, -0.15) is 0 Å². The van der Waals surface area contributed by atoms with Crippen LogP contribution in [0.5, 0.6) is 5.75 Å². The maximum Gasteiger partial charge on any atom is 0.253 e. The van der Waals surface area contributed by atoms with E-state index in [1.54, 1.807) is 65.6 Å². The molecule has 1 atom stereocenters. The number of phenolic OH excluding ortho intramolecular Hbond substituents is 1. The van der Waals surface area contributed by atoms with Crippen LogP contribution in [0, 0.1) is 5.82 Å². The standard InChI is InChI=1S/C40H36FN5O7S2/c41-32-12-9-29(10-13-32)39(48)45-19-21-46(22-20-45)40(49)36(44-26-55(52,53)38-35-8-4-2-6-28(35)16-18-43-38)24-30-11-14-33(47)23-31(30)25-54(50,51)37-34-7-3-1-5-27(34)15-17-42-37/h1-18,23,36,44,47H,19-22,24-26H2. The van der Waals surface area contributed by atoms with E-state index in [1.165, 1.54) is 59.8 Å². The third kappa shape index (κ3) is 8.18. The summed E-state index contributed by atoms with van der Waals surface area (Å²) in [7, 11) is -8.20.